The molecule has 5 nitrogen and oxygen atoms in total. The van der Waals surface area contributed by atoms with Crippen molar-refractivity contribution in [3.8, 4) is 0 Å². The zero-order valence-electron chi connectivity index (χ0n) is 11.7. The highest BCUT2D eigenvalue weighted by Gasteiger charge is 2.39. The minimum Gasteiger partial charge on any atom is -0.464 e. The molecule has 1 spiro atoms. The minimum absolute atomic E-state index is 0.253. The van der Waals surface area contributed by atoms with Gasteiger partial charge in [0.15, 0.2) is 6.04 Å². The summed E-state index contributed by atoms with van der Waals surface area (Å²) < 4.78 is 4.80. The van der Waals surface area contributed by atoms with Crippen LogP contribution in [0, 0.1) is 5.41 Å². The Kier molecular flexibility index (Phi) is 4.45. The maximum atomic E-state index is 12.1. The summed E-state index contributed by atoms with van der Waals surface area (Å²) >= 11 is 0. The third-order valence-electron chi connectivity index (χ3n) is 4.61. The minimum atomic E-state index is -1.16. The number of hydrogen-bond acceptors (Lipinski definition) is 4. The van der Waals surface area contributed by atoms with E-state index in [0.717, 1.165) is 25.9 Å². The van der Waals surface area contributed by atoms with Gasteiger partial charge >= 0.3 is 5.97 Å². The summed E-state index contributed by atoms with van der Waals surface area (Å²) in [4.78, 5) is 25.3. The van der Waals surface area contributed by atoms with Gasteiger partial charge in [-0.25, -0.2) is 4.79 Å². The summed E-state index contributed by atoms with van der Waals surface area (Å²) in [7, 11) is 0. The van der Waals surface area contributed by atoms with Crippen LogP contribution in [0.2, 0.25) is 0 Å². The molecule has 2 fully saturated rings. The van der Waals surface area contributed by atoms with Crippen LogP contribution in [-0.4, -0.2) is 42.5 Å². The van der Waals surface area contributed by atoms with Gasteiger partial charge in [-0.3, -0.25) is 4.79 Å². The molecule has 108 valence electrons. The standard InChI is InChI=1S/C14H24N2O3/c1-2-19-13(18)11(15)12(17)16-9-7-14(8-10-16)5-3-4-6-14/h11H,2-10,15H2,1H3. The number of nitrogens with zero attached hydrogens (tertiary/aromatic N) is 1. The van der Waals surface area contributed by atoms with Gasteiger partial charge in [-0.05, 0) is 38.0 Å². The summed E-state index contributed by atoms with van der Waals surface area (Å²) in [5, 5.41) is 0. The molecule has 2 aliphatic rings. The normalized spacial score (nSPS) is 23.4. The Morgan fingerprint density at radius 3 is 2.32 bits per heavy atom. The van der Waals surface area contributed by atoms with Gasteiger partial charge in [0.25, 0.3) is 5.91 Å². The molecule has 0 bridgehead atoms. The Bertz CT molecular complexity index is 341. The van der Waals surface area contributed by atoms with Gasteiger partial charge in [0, 0.05) is 13.1 Å². The Hall–Kier alpha value is -1.10. The second-order valence-electron chi connectivity index (χ2n) is 5.76. The van der Waals surface area contributed by atoms with Crippen molar-refractivity contribution in [2.75, 3.05) is 19.7 Å². The lowest BCUT2D eigenvalue weighted by atomic mass is 9.77. The SMILES string of the molecule is CCOC(=O)C(N)C(=O)N1CCC2(CCCC2)CC1. The maximum absolute atomic E-state index is 12.1. The summed E-state index contributed by atoms with van der Waals surface area (Å²) in [6, 6.07) is -1.16. The van der Waals surface area contributed by atoms with Crippen molar-refractivity contribution in [3.05, 3.63) is 0 Å². The first kappa shape index (κ1) is 14.3. The third kappa shape index (κ3) is 3.08. The fourth-order valence-corrected chi connectivity index (χ4v) is 3.36. The highest BCUT2D eigenvalue weighted by atomic mass is 16.5. The van der Waals surface area contributed by atoms with Gasteiger partial charge in [0.1, 0.15) is 0 Å². The number of piperidine rings is 1. The van der Waals surface area contributed by atoms with Crippen LogP contribution in [0.25, 0.3) is 0 Å². The summed E-state index contributed by atoms with van der Waals surface area (Å²) in [6.07, 6.45) is 7.31. The summed E-state index contributed by atoms with van der Waals surface area (Å²) in [5.74, 6) is -0.903. The van der Waals surface area contributed by atoms with Crippen molar-refractivity contribution >= 4 is 11.9 Å². The van der Waals surface area contributed by atoms with Crippen LogP contribution in [0.15, 0.2) is 0 Å². The molecule has 0 aromatic carbocycles. The molecule has 0 aromatic rings. The average molecular weight is 268 g/mol. The first-order valence-electron chi connectivity index (χ1n) is 7.29. The molecular weight excluding hydrogens is 244 g/mol. The first-order valence-corrected chi connectivity index (χ1v) is 7.29. The molecule has 19 heavy (non-hydrogen) atoms. The van der Waals surface area contributed by atoms with Crippen molar-refractivity contribution < 1.29 is 14.3 Å². The van der Waals surface area contributed by atoms with E-state index in [1.54, 1.807) is 11.8 Å². The Morgan fingerprint density at radius 1 is 1.21 bits per heavy atom. The largest absolute Gasteiger partial charge is 0.464 e. The van der Waals surface area contributed by atoms with Crippen LogP contribution < -0.4 is 5.73 Å². The molecule has 0 aromatic heterocycles. The average Bonchev–Trinajstić information content (AvgIpc) is 2.86. The number of hydrogen-bond donors (Lipinski definition) is 1. The lowest BCUT2D eigenvalue weighted by Gasteiger charge is -2.39. The quantitative estimate of drug-likeness (QED) is 0.613. The maximum Gasteiger partial charge on any atom is 0.332 e. The fourth-order valence-electron chi connectivity index (χ4n) is 3.36. The highest BCUT2D eigenvalue weighted by Crippen LogP contribution is 2.46. The van der Waals surface area contributed by atoms with Gasteiger partial charge in [-0.1, -0.05) is 12.8 Å². The van der Waals surface area contributed by atoms with Gasteiger partial charge in [0.05, 0.1) is 6.61 Å². The van der Waals surface area contributed by atoms with E-state index >= 15 is 0 Å². The predicted octanol–water partition coefficient (Wildman–Crippen LogP) is 1.06. The Morgan fingerprint density at radius 2 is 1.79 bits per heavy atom. The number of carbonyl (C=O) groups excluding carboxylic acids is 2. The van der Waals surface area contributed by atoms with Crippen molar-refractivity contribution in [2.45, 2.75) is 51.5 Å². The summed E-state index contributed by atoms with van der Waals surface area (Å²) in [5.41, 5.74) is 6.12. The van der Waals surface area contributed by atoms with E-state index < -0.39 is 12.0 Å². The number of amides is 1. The van der Waals surface area contributed by atoms with E-state index in [1.807, 2.05) is 0 Å². The molecule has 1 aliphatic heterocycles. The third-order valence-corrected chi connectivity index (χ3v) is 4.61. The molecule has 1 unspecified atom stereocenters. The lowest BCUT2D eigenvalue weighted by Crippen LogP contribution is -2.52. The molecule has 2 rings (SSSR count). The molecule has 1 atom stereocenters. The number of carbonyl (C=O) groups is 2. The smallest absolute Gasteiger partial charge is 0.332 e. The van der Waals surface area contributed by atoms with E-state index in [-0.39, 0.29) is 12.5 Å². The molecule has 1 aliphatic carbocycles. The fraction of sp³-hybridized carbons (Fsp3) is 0.857. The van der Waals surface area contributed by atoms with Crippen LogP contribution in [-0.2, 0) is 14.3 Å². The number of esters is 1. The molecule has 1 heterocycles. The first-order chi connectivity index (χ1) is 9.08. The van der Waals surface area contributed by atoms with Crippen molar-refractivity contribution in [1.29, 1.82) is 0 Å². The van der Waals surface area contributed by atoms with Crippen LogP contribution in [0.1, 0.15) is 45.4 Å². The van der Waals surface area contributed by atoms with Crippen molar-refractivity contribution in [3.63, 3.8) is 0 Å². The highest BCUT2D eigenvalue weighted by molar-refractivity contribution is 6.01. The second kappa shape index (κ2) is 5.90. The van der Waals surface area contributed by atoms with Crippen LogP contribution in [0.5, 0.6) is 0 Å². The molecule has 1 saturated heterocycles. The lowest BCUT2D eigenvalue weighted by molar-refractivity contribution is -0.151. The predicted molar refractivity (Wildman–Crippen MR) is 71.3 cm³/mol. The van der Waals surface area contributed by atoms with Gasteiger partial charge in [0.2, 0.25) is 0 Å². The topological polar surface area (TPSA) is 72.6 Å². The van der Waals surface area contributed by atoms with E-state index in [2.05, 4.69) is 0 Å². The molecule has 0 radical (unpaired) electrons. The number of nitrogens with two attached hydrogens (primary N) is 1. The Balaban J connectivity index is 1.86. The van der Waals surface area contributed by atoms with Crippen LogP contribution >= 0.6 is 0 Å². The van der Waals surface area contributed by atoms with Crippen LogP contribution in [0.4, 0.5) is 0 Å². The number of rotatable bonds is 3. The van der Waals surface area contributed by atoms with Gasteiger partial charge in [-0.15, -0.1) is 0 Å². The Labute approximate surface area is 114 Å². The van der Waals surface area contributed by atoms with Gasteiger partial charge < -0.3 is 15.4 Å². The van der Waals surface area contributed by atoms with Crippen molar-refractivity contribution in [1.82, 2.24) is 4.90 Å². The van der Waals surface area contributed by atoms with E-state index in [0.29, 0.717) is 5.41 Å². The second-order valence-corrected chi connectivity index (χ2v) is 5.76. The molecule has 1 saturated carbocycles. The van der Waals surface area contributed by atoms with Crippen molar-refractivity contribution in [2.24, 2.45) is 11.1 Å². The van der Waals surface area contributed by atoms with E-state index in [9.17, 15) is 9.59 Å². The van der Waals surface area contributed by atoms with Crippen LogP contribution in [0.3, 0.4) is 0 Å². The van der Waals surface area contributed by atoms with E-state index in [4.69, 9.17) is 10.5 Å². The van der Waals surface area contributed by atoms with Gasteiger partial charge in [-0.2, -0.15) is 0 Å². The van der Waals surface area contributed by atoms with E-state index in [1.165, 1.54) is 25.7 Å². The molecule has 2 N–H and O–H groups in total. The molecule has 1 amide bonds. The zero-order chi connectivity index (χ0) is 13.9. The zero-order valence-corrected chi connectivity index (χ0v) is 11.7. The number of likely N-dealkylation sites (tertiary alicyclic amines) is 1. The monoisotopic (exact) mass is 268 g/mol. The molecule has 5 heteroatoms. The number of ether oxygens (including phenoxy) is 1. The molecular formula is C14H24N2O3. The summed E-state index contributed by atoms with van der Waals surface area (Å²) in [6.45, 7) is 3.42.